The average Bonchev–Trinajstić information content (AvgIpc) is 2.73. The summed E-state index contributed by atoms with van der Waals surface area (Å²) in [5, 5.41) is 11.4. The number of allylic oxidation sites excluding steroid dienone is 1. The van der Waals surface area contributed by atoms with Crippen LogP contribution in [0.3, 0.4) is 0 Å². The highest BCUT2D eigenvalue weighted by molar-refractivity contribution is 6.00. The molecular formula is C24H20F3NO2. The van der Waals surface area contributed by atoms with E-state index in [0.29, 0.717) is 30.3 Å². The number of fused-ring (bicyclic) bond motifs is 1. The van der Waals surface area contributed by atoms with E-state index >= 15 is 0 Å². The van der Waals surface area contributed by atoms with Crippen molar-refractivity contribution in [1.29, 1.82) is 5.26 Å². The van der Waals surface area contributed by atoms with Crippen molar-refractivity contribution in [2.75, 3.05) is 13.2 Å². The lowest BCUT2D eigenvalue weighted by atomic mass is 9.97. The van der Waals surface area contributed by atoms with Gasteiger partial charge in [0.05, 0.1) is 30.4 Å². The third-order valence-electron chi connectivity index (χ3n) is 4.52. The Morgan fingerprint density at radius 3 is 2.40 bits per heavy atom. The van der Waals surface area contributed by atoms with Crippen molar-refractivity contribution in [3.05, 3.63) is 71.3 Å². The van der Waals surface area contributed by atoms with Crippen LogP contribution in [0.25, 0.3) is 22.4 Å². The first-order chi connectivity index (χ1) is 14.4. The molecule has 0 atom stereocenters. The maximum Gasteiger partial charge on any atom is 0.416 e. The predicted octanol–water partition coefficient (Wildman–Crippen LogP) is 6.72. The zero-order chi connectivity index (χ0) is 21.7. The van der Waals surface area contributed by atoms with Crippen LogP contribution in [0, 0.1) is 11.3 Å². The van der Waals surface area contributed by atoms with E-state index in [4.69, 9.17) is 9.47 Å². The van der Waals surface area contributed by atoms with Crippen LogP contribution >= 0.6 is 0 Å². The van der Waals surface area contributed by atoms with Crippen LogP contribution in [0.15, 0.2) is 54.6 Å². The zero-order valence-corrected chi connectivity index (χ0v) is 16.6. The summed E-state index contributed by atoms with van der Waals surface area (Å²) >= 11 is 0. The molecule has 3 aromatic rings. The van der Waals surface area contributed by atoms with Gasteiger partial charge in [-0.15, -0.1) is 0 Å². The number of nitriles is 1. The standard InChI is InChI=1S/C24H20F3NO2/c1-3-29-20-10-8-16-9-11-23(30-4-2)22(21(16)14-20)13-18(15-28)17-6-5-7-19(12-17)24(25,26)27/h5-14H,3-4H2,1-2H3/b18-13-. The third-order valence-corrected chi connectivity index (χ3v) is 4.52. The zero-order valence-electron chi connectivity index (χ0n) is 16.6. The molecule has 0 amide bonds. The SMILES string of the molecule is CCOc1ccc2ccc(OCC)c(/C=C(/C#N)c3cccc(C(F)(F)F)c3)c2c1. The van der Waals surface area contributed by atoms with Gasteiger partial charge in [-0.05, 0) is 66.6 Å². The molecule has 0 aliphatic carbocycles. The maximum atomic E-state index is 13.1. The van der Waals surface area contributed by atoms with E-state index in [1.54, 1.807) is 12.1 Å². The Morgan fingerprint density at radius 2 is 1.73 bits per heavy atom. The van der Waals surface area contributed by atoms with Gasteiger partial charge in [-0.3, -0.25) is 0 Å². The number of hydrogen-bond donors (Lipinski definition) is 0. The van der Waals surface area contributed by atoms with Crippen molar-refractivity contribution in [1.82, 2.24) is 0 Å². The Labute approximate surface area is 173 Å². The van der Waals surface area contributed by atoms with E-state index < -0.39 is 11.7 Å². The van der Waals surface area contributed by atoms with E-state index in [1.807, 2.05) is 44.2 Å². The summed E-state index contributed by atoms with van der Waals surface area (Å²) in [4.78, 5) is 0. The highest BCUT2D eigenvalue weighted by Gasteiger charge is 2.30. The molecule has 0 fully saturated rings. The Balaban J connectivity index is 2.22. The molecule has 0 bridgehead atoms. The van der Waals surface area contributed by atoms with Gasteiger partial charge in [0.1, 0.15) is 11.5 Å². The molecule has 154 valence electrons. The van der Waals surface area contributed by atoms with Crippen molar-refractivity contribution >= 4 is 22.4 Å². The summed E-state index contributed by atoms with van der Waals surface area (Å²) in [6.07, 6.45) is -2.92. The Morgan fingerprint density at radius 1 is 1.00 bits per heavy atom. The highest BCUT2D eigenvalue weighted by atomic mass is 19.4. The molecule has 0 saturated heterocycles. The predicted molar refractivity (Wildman–Crippen MR) is 111 cm³/mol. The molecule has 0 heterocycles. The van der Waals surface area contributed by atoms with Gasteiger partial charge >= 0.3 is 6.18 Å². The van der Waals surface area contributed by atoms with Gasteiger partial charge in [0.2, 0.25) is 0 Å². The van der Waals surface area contributed by atoms with Gasteiger partial charge in [0.15, 0.2) is 0 Å². The summed E-state index contributed by atoms with van der Waals surface area (Å²) in [6.45, 7) is 4.62. The minimum absolute atomic E-state index is 0.108. The van der Waals surface area contributed by atoms with Crippen LogP contribution < -0.4 is 9.47 Å². The lowest BCUT2D eigenvalue weighted by molar-refractivity contribution is -0.137. The van der Waals surface area contributed by atoms with E-state index in [1.165, 1.54) is 12.1 Å². The average molecular weight is 411 g/mol. The van der Waals surface area contributed by atoms with E-state index in [-0.39, 0.29) is 11.1 Å². The molecule has 30 heavy (non-hydrogen) atoms. The second-order valence-corrected chi connectivity index (χ2v) is 6.47. The fourth-order valence-corrected chi connectivity index (χ4v) is 3.18. The molecular weight excluding hydrogens is 391 g/mol. The molecule has 0 aromatic heterocycles. The smallest absolute Gasteiger partial charge is 0.416 e. The fourth-order valence-electron chi connectivity index (χ4n) is 3.18. The molecule has 0 aliphatic heterocycles. The second kappa shape index (κ2) is 8.91. The molecule has 3 rings (SSSR count). The van der Waals surface area contributed by atoms with Crippen LogP contribution in [0.2, 0.25) is 0 Å². The summed E-state index contributed by atoms with van der Waals surface area (Å²) < 4.78 is 50.7. The monoisotopic (exact) mass is 411 g/mol. The van der Waals surface area contributed by atoms with Gasteiger partial charge in [0.25, 0.3) is 0 Å². The molecule has 0 unspecified atom stereocenters. The highest BCUT2D eigenvalue weighted by Crippen LogP contribution is 2.35. The van der Waals surface area contributed by atoms with Gasteiger partial charge in [-0.25, -0.2) is 0 Å². The van der Waals surface area contributed by atoms with Crippen molar-refractivity contribution in [3.8, 4) is 17.6 Å². The lowest BCUT2D eigenvalue weighted by Gasteiger charge is -2.13. The van der Waals surface area contributed by atoms with Crippen LogP contribution in [0.4, 0.5) is 13.2 Å². The van der Waals surface area contributed by atoms with Crippen molar-refractivity contribution in [2.45, 2.75) is 20.0 Å². The fraction of sp³-hybridized carbons (Fsp3) is 0.208. The number of benzene rings is 3. The number of halogens is 3. The van der Waals surface area contributed by atoms with Gasteiger partial charge < -0.3 is 9.47 Å². The van der Waals surface area contributed by atoms with Crippen LogP contribution in [0.1, 0.15) is 30.5 Å². The van der Waals surface area contributed by atoms with Gasteiger partial charge in [-0.1, -0.05) is 24.3 Å². The summed E-state index contributed by atoms with van der Waals surface area (Å²) in [7, 11) is 0. The number of alkyl halides is 3. The Hall–Kier alpha value is -3.46. The van der Waals surface area contributed by atoms with E-state index in [2.05, 4.69) is 0 Å². The van der Waals surface area contributed by atoms with Crippen molar-refractivity contribution < 1.29 is 22.6 Å². The molecule has 0 spiro atoms. The molecule has 0 radical (unpaired) electrons. The Kier molecular flexibility index (Phi) is 6.31. The second-order valence-electron chi connectivity index (χ2n) is 6.47. The van der Waals surface area contributed by atoms with Gasteiger partial charge in [-0.2, -0.15) is 18.4 Å². The number of nitrogens with zero attached hydrogens (tertiary/aromatic N) is 1. The summed E-state index contributed by atoms with van der Waals surface area (Å²) in [5.74, 6) is 1.20. The quantitative estimate of drug-likeness (QED) is 0.334. The normalized spacial score (nSPS) is 11.9. The first-order valence-corrected chi connectivity index (χ1v) is 9.49. The van der Waals surface area contributed by atoms with Crippen LogP contribution in [-0.2, 0) is 6.18 Å². The van der Waals surface area contributed by atoms with Crippen LogP contribution in [0.5, 0.6) is 11.5 Å². The minimum Gasteiger partial charge on any atom is -0.494 e. The molecule has 0 aliphatic rings. The number of ether oxygens (including phenoxy) is 2. The molecule has 0 N–H and O–H groups in total. The van der Waals surface area contributed by atoms with Crippen LogP contribution in [-0.4, -0.2) is 13.2 Å². The lowest BCUT2D eigenvalue weighted by Crippen LogP contribution is -2.05. The molecule has 6 heteroatoms. The molecule has 3 nitrogen and oxygen atoms in total. The van der Waals surface area contributed by atoms with Crippen molar-refractivity contribution in [3.63, 3.8) is 0 Å². The summed E-state index contributed by atoms with van der Waals surface area (Å²) in [5.41, 5.74) is 0.108. The topological polar surface area (TPSA) is 42.2 Å². The maximum absolute atomic E-state index is 13.1. The minimum atomic E-state index is -4.49. The molecule has 3 aromatic carbocycles. The van der Waals surface area contributed by atoms with Gasteiger partial charge in [0, 0.05) is 5.56 Å². The number of rotatable bonds is 6. The first kappa shape index (κ1) is 21.3. The molecule has 0 saturated carbocycles. The third kappa shape index (κ3) is 4.57. The van der Waals surface area contributed by atoms with Crippen molar-refractivity contribution in [2.24, 2.45) is 0 Å². The first-order valence-electron chi connectivity index (χ1n) is 9.49. The summed E-state index contributed by atoms with van der Waals surface area (Å²) in [6, 6.07) is 16.0. The number of hydrogen-bond acceptors (Lipinski definition) is 3. The Bertz CT molecular complexity index is 1120. The largest absolute Gasteiger partial charge is 0.494 e. The van der Waals surface area contributed by atoms with E-state index in [9.17, 15) is 18.4 Å². The van der Waals surface area contributed by atoms with E-state index in [0.717, 1.165) is 22.9 Å².